The first-order chi connectivity index (χ1) is 27.1. The highest BCUT2D eigenvalue weighted by atomic mass is 14.9. The van der Waals surface area contributed by atoms with Crippen molar-refractivity contribution in [2.75, 3.05) is 0 Å². The maximum atomic E-state index is 5.18. The summed E-state index contributed by atoms with van der Waals surface area (Å²) in [6.07, 6.45) is 20.1. The van der Waals surface area contributed by atoms with E-state index < -0.39 is 0 Å². The van der Waals surface area contributed by atoms with Gasteiger partial charge in [-0.3, -0.25) is 9.97 Å². The van der Waals surface area contributed by atoms with E-state index >= 15 is 0 Å². The molecule has 1 fully saturated rings. The van der Waals surface area contributed by atoms with E-state index in [9.17, 15) is 0 Å². The molecule has 2 unspecified atom stereocenters. The van der Waals surface area contributed by atoms with Crippen molar-refractivity contribution in [2.45, 2.75) is 50.4 Å². The Morgan fingerprint density at radius 2 is 1.15 bits per heavy atom. The summed E-state index contributed by atoms with van der Waals surface area (Å²) in [7, 11) is 0. The molecule has 7 aromatic rings. The molecule has 1 saturated carbocycles. The van der Waals surface area contributed by atoms with Crippen LogP contribution >= 0.6 is 0 Å². The Hall–Kier alpha value is -6.40. The number of nitrogens with zero attached hydrogens (tertiary/aromatic N) is 6. The first-order valence-electron chi connectivity index (χ1n) is 19.4. The zero-order chi connectivity index (χ0) is 37.0. The van der Waals surface area contributed by atoms with E-state index in [2.05, 4.69) is 114 Å². The lowest BCUT2D eigenvalue weighted by Gasteiger charge is -2.39. The lowest BCUT2D eigenvalue weighted by atomic mass is 9.65. The fourth-order valence-corrected chi connectivity index (χ4v) is 8.27. The van der Waals surface area contributed by atoms with Gasteiger partial charge in [-0.2, -0.15) is 0 Å². The summed E-state index contributed by atoms with van der Waals surface area (Å²) in [5, 5.41) is 0. The van der Waals surface area contributed by atoms with E-state index in [0.717, 1.165) is 69.4 Å². The molecule has 2 aliphatic carbocycles. The number of pyridine rings is 2. The van der Waals surface area contributed by atoms with Crippen molar-refractivity contribution in [1.29, 1.82) is 0 Å². The van der Waals surface area contributed by atoms with Gasteiger partial charge in [0.1, 0.15) is 0 Å². The number of allylic oxidation sites excluding steroid dienone is 4. The molecule has 6 heteroatoms. The minimum Gasteiger partial charge on any atom is -0.264 e. The van der Waals surface area contributed by atoms with E-state index in [4.69, 9.17) is 19.9 Å². The predicted molar refractivity (Wildman–Crippen MR) is 221 cm³/mol. The molecule has 4 aromatic heterocycles. The second kappa shape index (κ2) is 15.2. The third-order valence-corrected chi connectivity index (χ3v) is 11.3. The molecule has 9 rings (SSSR count). The Morgan fingerprint density at radius 3 is 1.80 bits per heavy atom. The number of aromatic nitrogens is 6. The van der Waals surface area contributed by atoms with Crippen LogP contribution < -0.4 is 0 Å². The Labute approximate surface area is 322 Å². The molecule has 0 bridgehead atoms. The molecular weight excluding hydrogens is 673 g/mol. The van der Waals surface area contributed by atoms with Crippen LogP contribution in [0.15, 0.2) is 164 Å². The van der Waals surface area contributed by atoms with Gasteiger partial charge in [-0.25, -0.2) is 19.9 Å². The van der Waals surface area contributed by atoms with Gasteiger partial charge in [0.2, 0.25) is 0 Å². The highest BCUT2D eigenvalue weighted by Gasteiger charge is 2.36. The zero-order valence-electron chi connectivity index (χ0n) is 31.0. The van der Waals surface area contributed by atoms with Crippen LogP contribution in [0.5, 0.6) is 0 Å². The van der Waals surface area contributed by atoms with Gasteiger partial charge in [0, 0.05) is 52.2 Å². The Balaban J connectivity index is 1.06. The molecule has 0 saturated heterocycles. The Kier molecular flexibility index (Phi) is 9.47. The minimum atomic E-state index is -0.0839. The second-order valence-corrected chi connectivity index (χ2v) is 14.7. The predicted octanol–water partition coefficient (Wildman–Crippen LogP) is 11.5. The van der Waals surface area contributed by atoms with E-state index in [-0.39, 0.29) is 11.3 Å². The molecule has 6 nitrogen and oxygen atoms in total. The molecule has 0 amide bonds. The van der Waals surface area contributed by atoms with Gasteiger partial charge in [0.15, 0.2) is 11.6 Å². The van der Waals surface area contributed by atoms with Crippen molar-refractivity contribution in [3.63, 3.8) is 0 Å². The van der Waals surface area contributed by atoms with Gasteiger partial charge in [-0.1, -0.05) is 135 Å². The van der Waals surface area contributed by atoms with Gasteiger partial charge in [0.25, 0.3) is 0 Å². The Bertz CT molecular complexity index is 2400. The molecule has 3 aromatic carbocycles. The quantitative estimate of drug-likeness (QED) is 0.156. The van der Waals surface area contributed by atoms with Crippen LogP contribution in [-0.4, -0.2) is 29.9 Å². The maximum Gasteiger partial charge on any atom is 0.160 e. The highest BCUT2D eigenvalue weighted by Crippen LogP contribution is 2.46. The summed E-state index contributed by atoms with van der Waals surface area (Å²) in [5.41, 5.74) is 11.0. The standard InChI is InChI=1S/C49H42N6/c1-34-13-6-7-17-41(34)45-31-44(38-16-12-29-50-33-38)53-47(54-45)36-19-23-39(24-20-36)49(27-9-3-10-28-49)40-25-21-37(22-26-40)48-52-43(35-14-4-2-5-15-35)32-46(55-48)42-18-8-11-30-51-42/h2,4-8,11-26,29-34,41H,3,9-10,27-28H2,1H3. The monoisotopic (exact) mass is 714 g/mol. The highest BCUT2D eigenvalue weighted by molar-refractivity contribution is 5.71. The zero-order valence-corrected chi connectivity index (χ0v) is 31.0. The van der Waals surface area contributed by atoms with Gasteiger partial charge in [-0.15, -0.1) is 0 Å². The van der Waals surface area contributed by atoms with Gasteiger partial charge in [0.05, 0.1) is 28.5 Å². The van der Waals surface area contributed by atoms with Gasteiger partial charge in [-0.05, 0) is 66.3 Å². The molecule has 0 spiro atoms. The van der Waals surface area contributed by atoms with Crippen molar-refractivity contribution in [2.24, 2.45) is 5.92 Å². The summed E-state index contributed by atoms with van der Waals surface area (Å²) in [6, 6.07) is 42.4. The molecule has 55 heavy (non-hydrogen) atoms. The van der Waals surface area contributed by atoms with Crippen LogP contribution in [0, 0.1) is 5.92 Å². The van der Waals surface area contributed by atoms with E-state index in [1.165, 1.54) is 30.4 Å². The molecule has 2 aliphatic rings. The Morgan fingerprint density at radius 1 is 0.509 bits per heavy atom. The molecular formula is C49H42N6. The molecule has 4 heterocycles. The fourth-order valence-electron chi connectivity index (χ4n) is 8.27. The van der Waals surface area contributed by atoms with Crippen LogP contribution in [0.2, 0.25) is 0 Å². The number of hydrogen-bond acceptors (Lipinski definition) is 6. The van der Waals surface area contributed by atoms with Crippen molar-refractivity contribution in [3.8, 4) is 56.7 Å². The maximum absolute atomic E-state index is 5.18. The second-order valence-electron chi connectivity index (χ2n) is 14.7. The largest absolute Gasteiger partial charge is 0.264 e. The fraction of sp³-hybridized carbons (Fsp3) is 0.184. The first-order valence-corrected chi connectivity index (χ1v) is 19.4. The lowest BCUT2D eigenvalue weighted by Crippen LogP contribution is -2.30. The third-order valence-electron chi connectivity index (χ3n) is 11.3. The van der Waals surface area contributed by atoms with E-state index in [0.29, 0.717) is 11.7 Å². The van der Waals surface area contributed by atoms with Gasteiger partial charge < -0.3 is 0 Å². The summed E-state index contributed by atoms with van der Waals surface area (Å²) in [4.78, 5) is 29.3. The van der Waals surface area contributed by atoms with E-state index in [1.54, 1.807) is 12.4 Å². The van der Waals surface area contributed by atoms with E-state index in [1.807, 2.05) is 54.7 Å². The number of rotatable bonds is 8. The summed E-state index contributed by atoms with van der Waals surface area (Å²) >= 11 is 0. The summed E-state index contributed by atoms with van der Waals surface area (Å²) in [5.74, 6) is 1.96. The van der Waals surface area contributed by atoms with Crippen LogP contribution in [0.3, 0.4) is 0 Å². The number of benzene rings is 3. The van der Waals surface area contributed by atoms with Crippen molar-refractivity contribution < 1.29 is 0 Å². The van der Waals surface area contributed by atoms with Crippen molar-refractivity contribution >= 4 is 0 Å². The van der Waals surface area contributed by atoms with Crippen LogP contribution in [0.1, 0.15) is 61.8 Å². The molecule has 2 atom stereocenters. The topological polar surface area (TPSA) is 77.3 Å². The number of hydrogen-bond donors (Lipinski definition) is 0. The van der Waals surface area contributed by atoms with Crippen molar-refractivity contribution in [1.82, 2.24) is 29.9 Å². The normalized spacial score (nSPS) is 17.5. The lowest BCUT2D eigenvalue weighted by molar-refractivity contribution is 0.346. The van der Waals surface area contributed by atoms with Crippen LogP contribution in [0.4, 0.5) is 0 Å². The van der Waals surface area contributed by atoms with Crippen molar-refractivity contribution in [3.05, 3.63) is 181 Å². The van der Waals surface area contributed by atoms with Gasteiger partial charge >= 0.3 is 0 Å². The molecule has 0 N–H and O–H groups in total. The summed E-state index contributed by atoms with van der Waals surface area (Å²) < 4.78 is 0. The smallest absolute Gasteiger partial charge is 0.160 e. The minimum absolute atomic E-state index is 0.0839. The van der Waals surface area contributed by atoms with Crippen LogP contribution in [0.25, 0.3) is 56.7 Å². The average Bonchev–Trinajstić information content (AvgIpc) is 3.27. The first kappa shape index (κ1) is 34.4. The summed E-state index contributed by atoms with van der Waals surface area (Å²) in [6.45, 7) is 2.25. The van der Waals surface area contributed by atoms with Crippen LogP contribution in [-0.2, 0) is 5.41 Å². The molecule has 0 radical (unpaired) electrons. The average molecular weight is 715 g/mol. The molecule has 268 valence electrons. The SMILES string of the molecule is CC1C=CC=CC1c1cc(-c2cccnc2)nc(-c2ccc(C3(c4ccc(-c5nc(-c6ccccc6)cc(-c6ccccn6)n5)cc4)CCCCC3)cc2)n1. The molecule has 0 aliphatic heterocycles. The third kappa shape index (κ3) is 7.04.